The van der Waals surface area contributed by atoms with Crippen LogP contribution in [0.2, 0.25) is 0 Å². The molecule has 1 saturated carbocycles. The van der Waals surface area contributed by atoms with E-state index in [1.165, 1.54) is 12.8 Å². The molecule has 0 atom stereocenters. The van der Waals surface area contributed by atoms with E-state index in [9.17, 15) is 0 Å². The van der Waals surface area contributed by atoms with Gasteiger partial charge in [0.1, 0.15) is 0 Å². The standard InChI is InChI=1S/C12H15O2.Li/c1-13-11-8-4-5-9-12(11)14-10-6-2-3-7-10;/h4,8-10H,2-3,6-7H2,1H3;/q-1;+1. The van der Waals surface area contributed by atoms with Crippen molar-refractivity contribution in [3.63, 3.8) is 0 Å². The maximum Gasteiger partial charge on any atom is 1.00 e. The molecule has 0 amide bonds. The molecule has 15 heavy (non-hydrogen) atoms. The van der Waals surface area contributed by atoms with Gasteiger partial charge in [0.25, 0.3) is 0 Å². The van der Waals surface area contributed by atoms with E-state index in [1.54, 1.807) is 7.11 Å². The molecule has 0 aliphatic heterocycles. The molecular formula is C12H15LiO2. The van der Waals surface area contributed by atoms with Crippen molar-refractivity contribution in [2.24, 2.45) is 0 Å². The molecule has 76 valence electrons. The van der Waals surface area contributed by atoms with Gasteiger partial charge in [-0.2, -0.15) is 12.1 Å². The summed E-state index contributed by atoms with van der Waals surface area (Å²) in [6.45, 7) is 0. The van der Waals surface area contributed by atoms with Crippen molar-refractivity contribution >= 4 is 0 Å². The van der Waals surface area contributed by atoms with Crippen molar-refractivity contribution in [1.29, 1.82) is 0 Å². The Kier molecular flexibility index (Phi) is 5.08. The SMILES string of the molecule is COc1cc[c-]cc1OC1CCCC1.[Li+]. The van der Waals surface area contributed by atoms with E-state index >= 15 is 0 Å². The van der Waals surface area contributed by atoms with E-state index in [1.807, 2.05) is 18.2 Å². The molecule has 0 bridgehead atoms. The zero-order chi connectivity index (χ0) is 9.80. The van der Waals surface area contributed by atoms with Gasteiger partial charge in [0.15, 0.2) is 0 Å². The second-order valence-electron chi connectivity index (χ2n) is 3.60. The minimum absolute atomic E-state index is 0. The first kappa shape index (κ1) is 12.5. The molecule has 0 unspecified atom stereocenters. The third-order valence-electron chi connectivity index (χ3n) is 2.60. The van der Waals surface area contributed by atoms with Crippen LogP contribution in [0.25, 0.3) is 0 Å². The third kappa shape index (κ3) is 3.19. The molecular weight excluding hydrogens is 183 g/mol. The van der Waals surface area contributed by atoms with Gasteiger partial charge in [-0.05, 0) is 25.7 Å². The van der Waals surface area contributed by atoms with E-state index in [-0.39, 0.29) is 18.9 Å². The maximum absolute atomic E-state index is 5.84. The summed E-state index contributed by atoms with van der Waals surface area (Å²) in [6.07, 6.45) is 5.27. The number of ether oxygens (including phenoxy) is 2. The van der Waals surface area contributed by atoms with Crippen LogP contribution in [0.3, 0.4) is 0 Å². The largest absolute Gasteiger partial charge is 1.00 e. The topological polar surface area (TPSA) is 18.5 Å². The van der Waals surface area contributed by atoms with Gasteiger partial charge in [-0.15, -0.1) is 12.1 Å². The molecule has 1 fully saturated rings. The zero-order valence-electron chi connectivity index (χ0n) is 9.45. The van der Waals surface area contributed by atoms with Crippen LogP contribution in [0.4, 0.5) is 0 Å². The van der Waals surface area contributed by atoms with Crippen molar-refractivity contribution in [3.05, 3.63) is 24.3 Å². The molecule has 0 saturated heterocycles. The van der Waals surface area contributed by atoms with E-state index in [4.69, 9.17) is 9.47 Å². The molecule has 0 heterocycles. The Hall–Kier alpha value is -0.583. The molecule has 1 aromatic carbocycles. The Morgan fingerprint density at radius 3 is 2.67 bits per heavy atom. The normalized spacial score (nSPS) is 15.8. The number of hydrogen-bond acceptors (Lipinski definition) is 2. The number of rotatable bonds is 3. The molecule has 1 aliphatic rings. The van der Waals surface area contributed by atoms with Crippen LogP contribution >= 0.6 is 0 Å². The fourth-order valence-electron chi connectivity index (χ4n) is 1.85. The molecule has 0 N–H and O–H groups in total. The van der Waals surface area contributed by atoms with E-state index < -0.39 is 0 Å². The summed E-state index contributed by atoms with van der Waals surface area (Å²) < 4.78 is 11.1. The first-order valence-corrected chi connectivity index (χ1v) is 5.11. The Labute approximate surface area is 103 Å². The monoisotopic (exact) mass is 198 g/mol. The van der Waals surface area contributed by atoms with Gasteiger partial charge in [-0.25, -0.2) is 0 Å². The number of hydrogen-bond donors (Lipinski definition) is 0. The van der Waals surface area contributed by atoms with Crippen LogP contribution in [0, 0.1) is 6.07 Å². The minimum Gasteiger partial charge on any atom is -0.545 e. The summed E-state index contributed by atoms with van der Waals surface area (Å²) in [7, 11) is 1.66. The fraction of sp³-hybridized carbons (Fsp3) is 0.500. The second-order valence-corrected chi connectivity index (χ2v) is 3.60. The minimum atomic E-state index is 0. The van der Waals surface area contributed by atoms with Gasteiger partial charge in [0, 0.05) is 5.75 Å². The molecule has 0 aromatic heterocycles. The average Bonchev–Trinajstić information content (AvgIpc) is 2.71. The summed E-state index contributed by atoms with van der Waals surface area (Å²) in [6, 6.07) is 8.56. The van der Waals surface area contributed by atoms with Crippen LogP contribution in [0.15, 0.2) is 18.2 Å². The van der Waals surface area contributed by atoms with Crippen molar-refractivity contribution in [2.75, 3.05) is 7.11 Å². The van der Waals surface area contributed by atoms with Crippen LogP contribution in [0.1, 0.15) is 25.7 Å². The summed E-state index contributed by atoms with van der Waals surface area (Å²) in [5, 5.41) is 0. The summed E-state index contributed by atoms with van der Waals surface area (Å²) in [5.41, 5.74) is 0. The maximum atomic E-state index is 5.84. The number of benzene rings is 1. The van der Waals surface area contributed by atoms with Gasteiger partial charge < -0.3 is 9.47 Å². The summed E-state index contributed by atoms with van der Waals surface area (Å²) >= 11 is 0. The predicted molar refractivity (Wildman–Crippen MR) is 54.7 cm³/mol. The third-order valence-corrected chi connectivity index (χ3v) is 2.60. The first-order chi connectivity index (χ1) is 6.90. The summed E-state index contributed by atoms with van der Waals surface area (Å²) in [4.78, 5) is 0. The fourth-order valence-corrected chi connectivity index (χ4v) is 1.85. The molecule has 1 aromatic rings. The van der Waals surface area contributed by atoms with Gasteiger partial charge in [-0.3, -0.25) is 0 Å². The van der Waals surface area contributed by atoms with Crippen molar-refractivity contribution in [1.82, 2.24) is 0 Å². The quantitative estimate of drug-likeness (QED) is 0.495. The van der Waals surface area contributed by atoms with Gasteiger partial charge >= 0.3 is 18.9 Å². The van der Waals surface area contributed by atoms with E-state index in [0.29, 0.717) is 6.10 Å². The van der Waals surface area contributed by atoms with Crippen LogP contribution in [-0.4, -0.2) is 13.2 Å². The van der Waals surface area contributed by atoms with E-state index in [0.717, 1.165) is 24.3 Å². The Morgan fingerprint density at radius 1 is 1.27 bits per heavy atom. The first-order valence-electron chi connectivity index (χ1n) is 5.11. The number of methoxy groups -OCH3 is 1. The molecule has 2 rings (SSSR count). The molecule has 0 spiro atoms. The zero-order valence-corrected chi connectivity index (χ0v) is 9.45. The Morgan fingerprint density at radius 2 is 2.00 bits per heavy atom. The van der Waals surface area contributed by atoms with Crippen molar-refractivity contribution in [3.8, 4) is 11.5 Å². The van der Waals surface area contributed by atoms with Gasteiger partial charge in [0.05, 0.1) is 19.0 Å². The van der Waals surface area contributed by atoms with Gasteiger partial charge in [-0.1, -0.05) is 0 Å². The van der Waals surface area contributed by atoms with Crippen molar-refractivity contribution in [2.45, 2.75) is 31.8 Å². The van der Waals surface area contributed by atoms with Crippen LogP contribution in [-0.2, 0) is 0 Å². The predicted octanol–water partition coefficient (Wildman–Crippen LogP) is -0.179. The second kappa shape index (κ2) is 6.10. The molecule has 2 nitrogen and oxygen atoms in total. The summed E-state index contributed by atoms with van der Waals surface area (Å²) in [5.74, 6) is 1.62. The average molecular weight is 198 g/mol. The molecule has 0 radical (unpaired) electrons. The Bertz CT molecular complexity index is 295. The molecule has 3 heteroatoms. The van der Waals surface area contributed by atoms with Crippen LogP contribution < -0.4 is 28.3 Å². The smallest absolute Gasteiger partial charge is 0.545 e. The van der Waals surface area contributed by atoms with Crippen molar-refractivity contribution < 1.29 is 28.3 Å². The van der Waals surface area contributed by atoms with E-state index in [2.05, 4.69) is 6.07 Å². The van der Waals surface area contributed by atoms with Crippen LogP contribution in [0.5, 0.6) is 11.5 Å². The Balaban J connectivity index is 0.00000112. The molecule has 1 aliphatic carbocycles. The van der Waals surface area contributed by atoms with Gasteiger partial charge in [0.2, 0.25) is 0 Å².